The number of fused-ring (bicyclic) bond motifs is 2. The second-order valence-corrected chi connectivity index (χ2v) is 7.70. The summed E-state index contributed by atoms with van der Waals surface area (Å²) in [4.78, 5) is 6.70. The van der Waals surface area contributed by atoms with Crippen LogP contribution in [0, 0.1) is 11.8 Å². The summed E-state index contributed by atoms with van der Waals surface area (Å²) in [6.45, 7) is 3.72. The highest BCUT2D eigenvalue weighted by Crippen LogP contribution is 2.50. The van der Waals surface area contributed by atoms with E-state index in [0.717, 1.165) is 57.6 Å². The van der Waals surface area contributed by atoms with Crippen LogP contribution in [0.2, 0.25) is 5.15 Å². The van der Waals surface area contributed by atoms with Gasteiger partial charge in [0, 0.05) is 50.4 Å². The summed E-state index contributed by atoms with van der Waals surface area (Å²) in [7, 11) is 0. The minimum atomic E-state index is -0.744. The van der Waals surface area contributed by atoms with Crippen molar-refractivity contribution in [2.45, 2.75) is 43.7 Å². The number of halogens is 1. The standard InChI is InChI=1S/C18H25ClN2O2/c19-17-10-13(4-7-20-17)18(22)14-2-1-3-15(18)12-21(11-14)16-5-8-23-9-6-16/h4,7,10,14-16,22H,1-3,5-6,8-9,11-12H2/t14-,15+,18?. The number of likely N-dealkylation sites (tertiary alicyclic amines) is 1. The highest BCUT2D eigenvalue weighted by atomic mass is 35.5. The summed E-state index contributed by atoms with van der Waals surface area (Å²) >= 11 is 6.09. The quantitative estimate of drug-likeness (QED) is 0.844. The van der Waals surface area contributed by atoms with Crippen molar-refractivity contribution in [3.05, 3.63) is 29.0 Å². The fourth-order valence-electron chi connectivity index (χ4n) is 4.96. The minimum Gasteiger partial charge on any atom is -0.384 e. The van der Waals surface area contributed by atoms with Gasteiger partial charge < -0.3 is 9.84 Å². The average Bonchev–Trinajstić information content (AvgIpc) is 2.55. The van der Waals surface area contributed by atoms with Gasteiger partial charge in [0.1, 0.15) is 5.15 Å². The number of hydrogen-bond donors (Lipinski definition) is 1. The molecule has 1 unspecified atom stereocenters. The maximum absolute atomic E-state index is 11.6. The molecule has 5 heteroatoms. The Morgan fingerprint density at radius 1 is 1.17 bits per heavy atom. The molecule has 0 radical (unpaired) electrons. The Kier molecular flexibility index (Phi) is 4.35. The third-order valence-electron chi connectivity index (χ3n) is 6.16. The van der Waals surface area contributed by atoms with E-state index in [1.165, 1.54) is 6.42 Å². The molecule has 1 N–H and O–H groups in total. The zero-order valence-corrected chi connectivity index (χ0v) is 14.2. The van der Waals surface area contributed by atoms with Crippen LogP contribution in [0.5, 0.6) is 0 Å². The van der Waals surface area contributed by atoms with Crippen molar-refractivity contribution in [1.82, 2.24) is 9.88 Å². The number of nitrogens with zero attached hydrogens (tertiary/aromatic N) is 2. The lowest BCUT2D eigenvalue weighted by molar-refractivity contribution is -0.158. The highest BCUT2D eigenvalue weighted by molar-refractivity contribution is 6.29. The van der Waals surface area contributed by atoms with Crippen LogP contribution in [-0.4, -0.2) is 47.3 Å². The van der Waals surface area contributed by atoms with E-state index < -0.39 is 5.60 Å². The molecule has 2 aliphatic heterocycles. The van der Waals surface area contributed by atoms with Gasteiger partial charge in [-0.2, -0.15) is 0 Å². The fourth-order valence-corrected chi connectivity index (χ4v) is 5.13. The van der Waals surface area contributed by atoms with E-state index in [1.807, 2.05) is 12.1 Å². The molecule has 3 atom stereocenters. The Bertz CT molecular complexity index is 548. The maximum atomic E-state index is 11.6. The van der Waals surface area contributed by atoms with E-state index in [9.17, 15) is 5.11 Å². The molecule has 1 aromatic rings. The minimum absolute atomic E-state index is 0.288. The van der Waals surface area contributed by atoms with Gasteiger partial charge in [-0.1, -0.05) is 18.0 Å². The number of aliphatic hydroxyl groups is 1. The number of hydrogen-bond acceptors (Lipinski definition) is 4. The summed E-state index contributed by atoms with van der Waals surface area (Å²) in [5.41, 5.74) is 0.214. The summed E-state index contributed by atoms with van der Waals surface area (Å²) in [6.07, 6.45) is 7.37. The van der Waals surface area contributed by atoms with Gasteiger partial charge in [-0.05, 0) is 43.4 Å². The summed E-state index contributed by atoms with van der Waals surface area (Å²) in [5.74, 6) is 0.577. The fraction of sp³-hybridized carbons (Fsp3) is 0.722. The average molecular weight is 337 g/mol. The molecule has 3 heterocycles. The molecule has 0 spiro atoms. The normalized spacial score (nSPS) is 36.1. The third-order valence-corrected chi connectivity index (χ3v) is 6.36. The molecule has 2 saturated heterocycles. The van der Waals surface area contributed by atoms with Gasteiger partial charge in [0.25, 0.3) is 0 Å². The van der Waals surface area contributed by atoms with Crippen molar-refractivity contribution in [1.29, 1.82) is 0 Å². The summed E-state index contributed by atoms with van der Waals surface area (Å²) in [6, 6.07) is 4.43. The van der Waals surface area contributed by atoms with Crippen molar-refractivity contribution < 1.29 is 9.84 Å². The largest absolute Gasteiger partial charge is 0.384 e. The Morgan fingerprint density at radius 3 is 2.52 bits per heavy atom. The molecular weight excluding hydrogens is 312 g/mol. The van der Waals surface area contributed by atoms with Gasteiger partial charge in [-0.25, -0.2) is 4.98 Å². The molecule has 23 heavy (non-hydrogen) atoms. The second-order valence-electron chi connectivity index (χ2n) is 7.31. The van der Waals surface area contributed by atoms with Crippen molar-refractivity contribution in [3.8, 4) is 0 Å². The molecule has 0 amide bonds. The van der Waals surface area contributed by atoms with E-state index in [2.05, 4.69) is 9.88 Å². The Labute approximate surface area is 142 Å². The molecule has 126 valence electrons. The molecule has 3 aliphatic rings. The lowest BCUT2D eigenvalue weighted by atomic mass is 9.62. The predicted octanol–water partition coefficient (Wildman–Crippen LogP) is 2.83. The first-order valence-electron chi connectivity index (χ1n) is 8.84. The number of piperidine rings is 1. The van der Waals surface area contributed by atoms with E-state index in [-0.39, 0.29) is 11.8 Å². The number of pyridine rings is 1. The van der Waals surface area contributed by atoms with E-state index in [0.29, 0.717) is 11.2 Å². The molecular formula is C18H25ClN2O2. The maximum Gasteiger partial charge on any atom is 0.129 e. The molecule has 1 saturated carbocycles. The van der Waals surface area contributed by atoms with Crippen LogP contribution in [-0.2, 0) is 10.3 Å². The topological polar surface area (TPSA) is 45.6 Å². The number of ether oxygens (including phenoxy) is 1. The van der Waals surface area contributed by atoms with Crippen LogP contribution in [0.3, 0.4) is 0 Å². The Hall–Kier alpha value is -0.680. The lowest BCUT2D eigenvalue weighted by Gasteiger charge is -2.55. The van der Waals surface area contributed by atoms with Crippen LogP contribution < -0.4 is 0 Å². The monoisotopic (exact) mass is 336 g/mol. The van der Waals surface area contributed by atoms with Gasteiger partial charge in [0.05, 0.1) is 5.60 Å². The zero-order chi connectivity index (χ0) is 15.9. The Morgan fingerprint density at radius 2 is 1.87 bits per heavy atom. The van der Waals surface area contributed by atoms with Gasteiger partial charge in [0.2, 0.25) is 0 Å². The van der Waals surface area contributed by atoms with Crippen LogP contribution in [0.15, 0.2) is 18.3 Å². The van der Waals surface area contributed by atoms with Crippen LogP contribution in [0.4, 0.5) is 0 Å². The zero-order valence-electron chi connectivity index (χ0n) is 13.5. The molecule has 0 aromatic carbocycles. The summed E-state index contributed by atoms with van der Waals surface area (Å²) in [5, 5.41) is 12.1. The van der Waals surface area contributed by atoms with Gasteiger partial charge in [-0.15, -0.1) is 0 Å². The van der Waals surface area contributed by atoms with E-state index in [1.54, 1.807) is 6.20 Å². The highest BCUT2D eigenvalue weighted by Gasteiger charge is 2.52. The predicted molar refractivity (Wildman–Crippen MR) is 89.4 cm³/mol. The van der Waals surface area contributed by atoms with Gasteiger partial charge >= 0.3 is 0 Å². The van der Waals surface area contributed by atoms with Crippen molar-refractivity contribution in [2.24, 2.45) is 11.8 Å². The van der Waals surface area contributed by atoms with E-state index in [4.69, 9.17) is 16.3 Å². The van der Waals surface area contributed by atoms with Crippen molar-refractivity contribution >= 4 is 11.6 Å². The molecule has 1 aliphatic carbocycles. The van der Waals surface area contributed by atoms with Crippen LogP contribution in [0.1, 0.15) is 37.7 Å². The molecule has 1 aromatic heterocycles. The van der Waals surface area contributed by atoms with Crippen LogP contribution in [0.25, 0.3) is 0 Å². The lowest BCUT2D eigenvalue weighted by Crippen LogP contribution is -2.60. The number of aromatic nitrogens is 1. The first-order valence-corrected chi connectivity index (χ1v) is 9.22. The van der Waals surface area contributed by atoms with Crippen LogP contribution >= 0.6 is 11.6 Å². The van der Waals surface area contributed by atoms with Crippen molar-refractivity contribution in [2.75, 3.05) is 26.3 Å². The number of rotatable bonds is 2. The Balaban J connectivity index is 1.60. The smallest absolute Gasteiger partial charge is 0.129 e. The van der Waals surface area contributed by atoms with Gasteiger partial charge in [-0.3, -0.25) is 4.90 Å². The summed E-state index contributed by atoms with van der Waals surface area (Å²) < 4.78 is 5.51. The molecule has 2 bridgehead atoms. The van der Waals surface area contributed by atoms with Crippen molar-refractivity contribution in [3.63, 3.8) is 0 Å². The third kappa shape index (κ3) is 2.80. The second kappa shape index (κ2) is 6.32. The first-order chi connectivity index (χ1) is 11.2. The molecule has 4 nitrogen and oxygen atoms in total. The first kappa shape index (κ1) is 15.8. The molecule has 4 rings (SSSR count). The van der Waals surface area contributed by atoms with Gasteiger partial charge in [0.15, 0.2) is 0 Å². The SMILES string of the molecule is OC1(c2ccnc(Cl)c2)[C@@H]2CCC[C@H]1CN(C1CCOCC1)C2. The van der Waals surface area contributed by atoms with E-state index >= 15 is 0 Å². The molecule has 3 fully saturated rings.